The second-order valence-corrected chi connectivity index (χ2v) is 11.2. The zero-order valence-electron chi connectivity index (χ0n) is 24.7. The molecule has 3 aromatic carbocycles. The van der Waals surface area contributed by atoms with Crippen molar-refractivity contribution in [3.63, 3.8) is 0 Å². The van der Waals surface area contributed by atoms with Gasteiger partial charge in [0.15, 0.2) is 0 Å². The van der Waals surface area contributed by atoms with Gasteiger partial charge >= 0.3 is 18.0 Å². The summed E-state index contributed by atoms with van der Waals surface area (Å²) in [5, 5.41) is 11.0. The largest absolute Gasteiger partial charge is 0.490 e. The molecule has 1 fully saturated rings. The predicted molar refractivity (Wildman–Crippen MR) is 160 cm³/mol. The van der Waals surface area contributed by atoms with E-state index in [-0.39, 0.29) is 30.1 Å². The maximum atomic E-state index is 14.1. The topological polar surface area (TPSA) is 95.1 Å². The first-order valence-electron chi connectivity index (χ1n) is 14.8. The number of benzene rings is 3. The van der Waals surface area contributed by atoms with Crippen molar-refractivity contribution in [3.05, 3.63) is 106 Å². The molecule has 2 aliphatic heterocycles. The molecular weight excluding hydrogens is 610 g/mol. The molecule has 1 unspecified atom stereocenters. The molecule has 0 N–H and O–H groups in total. The van der Waals surface area contributed by atoms with E-state index in [4.69, 9.17) is 14.2 Å². The minimum Gasteiger partial charge on any atom is -0.490 e. The zero-order valence-corrected chi connectivity index (χ0v) is 24.7. The third-order valence-electron chi connectivity index (χ3n) is 7.99. The highest BCUT2D eigenvalue weighted by molar-refractivity contribution is 5.49. The maximum absolute atomic E-state index is 14.1. The number of imidazole rings is 1. The summed E-state index contributed by atoms with van der Waals surface area (Å²) in [5.74, 6) is 0.0339. The van der Waals surface area contributed by atoms with E-state index in [0.717, 1.165) is 56.1 Å². The second-order valence-electron chi connectivity index (χ2n) is 11.2. The monoisotopic (exact) mass is 641 g/mol. The SMILES string of the molecule is O=[N+]([O-])c1cn2c(n1)OC(COc1ccc(N3CCN(Cc4ccc(OCc5ccc(C(F)(F)F)cc5F)cc4)CC3)cc1)CC2. The number of halogens is 4. The molecule has 0 amide bonds. The zero-order chi connectivity index (χ0) is 32.3. The van der Waals surface area contributed by atoms with Gasteiger partial charge in [-0.25, -0.2) is 4.39 Å². The molecule has 1 aromatic heterocycles. The molecular formula is C32H31F4N5O5. The standard InChI is InChI=1S/C32H31F4N5O5/c33-29-17-24(32(34,35)36)4-3-23(29)20-44-26-7-1-22(2-8-26)18-38-13-15-39(16-14-38)25-5-9-27(10-6-25)45-21-28-11-12-40-19-30(41(42)43)37-31(40)46-28/h1-10,17,19,28H,11-16,18,20-21H2. The molecule has 10 nitrogen and oxygen atoms in total. The number of ether oxygens (including phenoxy) is 3. The molecule has 0 aliphatic carbocycles. The minimum atomic E-state index is -4.60. The van der Waals surface area contributed by atoms with Gasteiger partial charge in [-0.15, -0.1) is 0 Å². The highest BCUT2D eigenvalue weighted by atomic mass is 19.4. The Balaban J connectivity index is 0.922. The molecule has 3 heterocycles. The normalized spacial score (nSPS) is 16.9. The summed E-state index contributed by atoms with van der Waals surface area (Å²) >= 11 is 0. The van der Waals surface area contributed by atoms with Crippen molar-refractivity contribution in [2.45, 2.75) is 38.4 Å². The van der Waals surface area contributed by atoms with Crippen LogP contribution in [-0.4, -0.2) is 58.3 Å². The van der Waals surface area contributed by atoms with Gasteiger partial charge in [0.25, 0.3) is 0 Å². The fourth-order valence-corrected chi connectivity index (χ4v) is 5.39. The van der Waals surface area contributed by atoms with E-state index >= 15 is 0 Å². The third-order valence-corrected chi connectivity index (χ3v) is 7.99. The molecule has 0 radical (unpaired) electrons. The summed E-state index contributed by atoms with van der Waals surface area (Å²) in [6, 6.07) is 18.0. The van der Waals surface area contributed by atoms with Crippen LogP contribution in [0, 0.1) is 15.9 Å². The molecule has 14 heteroatoms. The van der Waals surface area contributed by atoms with E-state index in [1.165, 1.54) is 6.20 Å². The van der Waals surface area contributed by atoms with Crippen LogP contribution in [0.5, 0.6) is 17.5 Å². The van der Waals surface area contributed by atoms with Gasteiger partial charge in [-0.05, 0) is 59.0 Å². The lowest BCUT2D eigenvalue weighted by molar-refractivity contribution is -0.389. The number of fused-ring (bicyclic) bond motifs is 1. The number of piperazine rings is 1. The van der Waals surface area contributed by atoms with Crippen molar-refractivity contribution in [2.75, 3.05) is 37.7 Å². The van der Waals surface area contributed by atoms with Gasteiger partial charge in [0.2, 0.25) is 0 Å². The third kappa shape index (κ3) is 7.50. The number of nitro groups is 1. The Morgan fingerprint density at radius 3 is 2.30 bits per heavy atom. The summed E-state index contributed by atoms with van der Waals surface area (Å²) in [7, 11) is 0. The maximum Gasteiger partial charge on any atom is 0.416 e. The lowest BCUT2D eigenvalue weighted by Gasteiger charge is -2.36. The predicted octanol–water partition coefficient (Wildman–Crippen LogP) is 6.08. The van der Waals surface area contributed by atoms with E-state index in [0.29, 0.717) is 37.1 Å². The average Bonchev–Trinajstić information content (AvgIpc) is 3.48. The molecule has 0 spiro atoms. The van der Waals surface area contributed by atoms with E-state index in [1.54, 1.807) is 16.7 Å². The van der Waals surface area contributed by atoms with Gasteiger partial charge in [-0.1, -0.05) is 18.2 Å². The molecule has 0 saturated carbocycles. The number of rotatable bonds is 10. The summed E-state index contributed by atoms with van der Waals surface area (Å²) in [5.41, 5.74) is 1.21. The Labute approximate surface area is 261 Å². The molecule has 6 rings (SSSR count). The summed E-state index contributed by atoms with van der Waals surface area (Å²) in [6.45, 7) is 4.92. The Morgan fingerprint density at radius 1 is 0.935 bits per heavy atom. The van der Waals surface area contributed by atoms with Crippen LogP contribution in [0.25, 0.3) is 0 Å². The lowest BCUT2D eigenvalue weighted by atomic mass is 10.1. The van der Waals surface area contributed by atoms with Crippen LogP contribution in [0.2, 0.25) is 0 Å². The van der Waals surface area contributed by atoms with E-state index in [9.17, 15) is 27.7 Å². The Hall–Kier alpha value is -4.85. The van der Waals surface area contributed by atoms with Gasteiger partial charge in [-0.2, -0.15) is 13.2 Å². The number of aryl methyl sites for hydroxylation is 1. The lowest BCUT2D eigenvalue weighted by Crippen LogP contribution is -2.45. The Bertz CT molecular complexity index is 1660. The van der Waals surface area contributed by atoms with Crippen molar-refractivity contribution in [3.8, 4) is 17.5 Å². The summed E-state index contributed by atoms with van der Waals surface area (Å²) in [6.07, 6.45) is -2.80. The molecule has 0 bridgehead atoms. The Morgan fingerprint density at radius 2 is 1.63 bits per heavy atom. The van der Waals surface area contributed by atoms with Gasteiger partial charge in [-0.3, -0.25) is 9.47 Å². The van der Waals surface area contributed by atoms with Crippen molar-refractivity contribution >= 4 is 11.5 Å². The van der Waals surface area contributed by atoms with Crippen molar-refractivity contribution in [2.24, 2.45) is 0 Å². The quantitative estimate of drug-likeness (QED) is 0.117. The van der Waals surface area contributed by atoms with Crippen LogP contribution in [0.1, 0.15) is 23.1 Å². The van der Waals surface area contributed by atoms with Crippen LogP contribution in [0.4, 0.5) is 29.1 Å². The molecule has 1 saturated heterocycles. The number of aromatic nitrogens is 2. The number of hydrogen-bond donors (Lipinski definition) is 0. The number of hydrogen-bond acceptors (Lipinski definition) is 8. The van der Waals surface area contributed by atoms with Crippen LogP contribution in [0.15, 0.2) is 72.9 Å². The van der Waals surface area contributed by atoms with E-state index in [2.05, 4.69) is 14.8 Å². The molecule has 4 aromatic rings. The van der Waals surface area contributed by atoms with Crippen molar-refractivity contribution < 1.29 is 36.7 Å². The average molecular weight is 642 g/mol. The highest BCUT2D eigenvalue weighted by Crippen LogP contribution is 2.31. The first-order valence-corrected chi connectivity index (χ1v) is 14.8. The first-order chi connectivity index (χ1) is 22.1. The van der Waals surface area contributed by atoms with Gasteiger partial charge in [0, 0.05) is 61.9 Å². The van der Waals surface area contributed by atoms with Gasteiger partial charge in [0.05, 0.1) is 5.56 Å². The number of nitrogens with zero attached hydrogens (tertiary/aromatic N) is 5. The fourth-order valence-electron chi connectivity index (χ4n) is 5.39. The second kappa shape index (κ2) is 13.3. The van der Waals surface area contributed by atoms with Gasteiger partial charge in [0.1, 0.15) is 42.8 Å². The molecule has 1 atom stereocenters. The summed E-state index contributed by atoms with van der Waals surface area (Å²) < 4.78 is 71.3. The van der Waals surface area contributed by atoms with E-state index in [1.807, 2.05) is 36.4 Å². The molecule has 242 valence electrons. The highest BCUT2D eigenvalue weighted by Gasteiger charge is 2.31. The minimum absolute atomic E-state index is 0.0527. The fraction of sp³-hybridized carbons (Fsp3) is 0.344. The van der Waals surface area contributed by atoms with Crippen LogP contribution in [-0.2, 0) is 25.9 Å². The smallest absolute Gasteiger partial charge is 0.416 e. The van der Waals surface area contributed by atoms with Crippen LogP contribution >= 0.6 is 0 Å². The van der Waals surface area contributed by atoms with Gasteiger partial charge < -0.3 is 29.2 Å². The number of anilines is 1. The Kier molecular flexibility index (Phi) is 8.97. The first kappa shape index (κ1) is 31.1. The van der Waals surface area contributed by atoms with Crippen LogP contribution < -0.4 is 19.1 Å². The van der Waals surface area contributed by atoms with Crippen molar-refractivity contribution in [1.29, 1.82) is 0 Å². The van der Waals surface area contributed by atoms with Crippen LogP contribution in [0.3, 0.4) is 0 Å². The molecule has 46 heavy (non-hydrogen) atoms. The number of alkyl halides is 3. The molecule has 2 aliphatic rings. The van der Waals surface area contributed by atoms with Crippen molar-refractivity contribution in [1.82, 2.24) is 14.5 Å². The summed E-state index contributed by atoms with van der Waals surface area (Å²) in [4.78, 5) is 19.0. The van der Waals surface area contributed by atoms with E-state index < -0.39 is 22.5 Å².